The summed E-state index contributed by atoms with van der Waals surface area (Å²) in [5.74, 6) is -0.166. The number of methoxy groups -OCH3 is 1. The second-order valence-corrected chi connectivity index (χ2v) is 9.85. The number of anilines is 1. The van der Waals surface area contributed by atoms with Crippen LogP contribution in [0.25, 0.3) is 10.9 Å². The smallest absolute Gasteiger partial charge is 0.268 e. The first-order valence-electron chi connectivity index (χ1n) is 11.3. The van der Waals surface area contributed by atoms with Crippen LogP contribution >= 0.6 is 0 Å². The standard InChI is InChI=1S/C27H35N3O3/c1-18-7-8-19(2)21(13-18)17-30-23-10-9-22(29-25(31)16-27(3,4)5)14-20(23)15-24(30)26(32)28-11-12-33-6/h7-10,13-15H,11-12,16-17H2,1-6H3,(H,28,32)(H,29,31). The van der Waals surface area contributed by atoms with Crippen molar-refractivity contribution in [3.63, 3.8) is 0 Å². The lowest BCUT2D eigenvalue weighted by Crippen LogP contribution is -2.29. The van der Waals surface area contributed by atoms with Crippen LogP contribution in [0.15, 0.2) is 42.5 Å². The Bertz CT molecular complexity index is 1160. The molecule has 1 heterocycles. The molecule has 0 aliphatic rings. The highest BCUT2D eigenvalue weighted by Gasteiger charge is 2.19. The molecule has 0 saturated carbocycles. The van der Waals surface area contributed by atoms with Crippen LogP contribution in [0.1, 0.15) is 54.4 Å². The van der Waals surface area contributed by atoms with Gasteiger partial charge in [0.1, 0.15) is 5.69 Å². The summed E-state index contributed by atoms with van der Waals surface area (Å²) in [5, 5.41) is 6.83. The van der Waals surface area contributed by atoms with Gasteiger partial charge < -0.3 is 19.9 Å². The number of hydrogen-bond acceptors (Lipinski definition) is 3. The Morgan fingerprint density at radius 2 is 1.79 bits per heavy atom. The summed E-state index contributed by atoms with van der Waals surface area (Å²) in [6.45, 7) is 11.7. The Morgan fingerprint density at radius 1 is 1.03 bits per heavy atom. The average Bonchev–Trinajstić information content (AvgIpc) is 3.07. The maximum absolute atomic E-state index is 13.0. The Morgan fingerprint density at radius 3 is 2.48 bits per heavy atom. The molecular formula is C27H35N3O3. The summed E-state index contributed by atoms with van der Waals surface area (Å²) < 4.78 is 7.11. The Hall–Kier alpha value is -3.12. The molecule has 0 radical (unpaired) electrons. The molecule has 0 bridgehead atoms. The number of rotatable bonds is 8. The van der Waals surface area contributed by atoms with E-state index in [-0.39, 0.29) is 17.2 Å². The third kappa shape index (κ3) is 6.45. The van der Waals surface area contributed by atoms with Gasteiger partial charge in [0.15, 0.2) is 0 Å². The molecule has 2 N–H and O–H groups in total. The SMILES string of the molecule is COCCNC(=O)c1cc2cc(NC(=O)CC(C)(C)C)ccc2n1Cc1cc(C)ccc1C. The van der Waals surface area contributed by atoms with Crippen LogP contribution in [0, 0.1) is 19.3 Å². The Kier molecular flexibility index (Phi) is 7.59. The maximum atomic E-state index is 13.0. The van der Waals surface area contributed by atoms with E-state index in [0.717, 1.165) is 16.6 Å². The number of benzene rings is 2. The van der Waals surface area contributed by atoms with E-state index in [1.165, 1.54) is 16.7 Å². The van der Waals surface area contributed by atoms with E-state index in [1.54, 1.807) is 7.11 Å². The highest BCUT2D eigenvalue weighted by atomic mass is 16.5. The van der Waals surface area contributed by atoms with Crippen molar-refractivity contribution in [2.75, 3.05) is 25.6 Å². The minimum Gasteiger partial charge on any atom is -0.383 e. The van der Waals surface area contributed by atoms with Crippen molar-refractivity contribution in [1.82, 2.24) is 9.88 Å². The fraction of sp³-hybridized carbons (Fsp3) is 0.407. The first-order chi connectivity index (χ1) is 15.6. The van der Waals surface area contributed by atoms with Gasteiger partial charge in [-0.1, -0.05) is 44.5 Å². The number of carbonyl (C=O) groups excluding carboxylic acids is 2. The molecule has 0 saturated heterocycles. The molecule has 0 atom stereocenters. The highest BCUT2D eigenvalue weighted by molar-refractivity contribution is 6.00. The summed E-state index contributed by atoms with van der Waals surface area (Å²) in [5.41, 5.74) is 5.70. The van der Waals surface area contributed by atoms with Crippen LogP contribution in [-0.2, 0) is 16.1 Å². The molecule has 2 amide bonds. The number of aromatic nitrogens is 1. The molecule has 0 unspecified atom stereocenters. The normalized spacial score (nSPS) is 11.6. The third-order valence-electron chi connectivity index (χ3n) is 5.53. The van der Waals surface area contributed by atoms with E-state index in [2.05, 4.69) is 42.7 Å². The number of carbonyl (C=O) groups is 2. The maximum Gasteiger partial charge on any atom is 0.268 e. The number of amides is 2. The molecule has 6 nitrogen and oxygen atoms in total. The topological polar surface area (TPSA) is 72.4 Å². The molecule has 6 heteroatoms. The zero-order valence-corrected chi connectivity index (χ0v) is 20.5. The molecule has 2 aromatic carbocycles. The molecule has 176 valence electrons. The van der Waals surface area contributed by atoms with Crippen LogP contribution in [-0.4, -0.2) is 36.6 Å². The third-order valence-corrected chi connectivity index (χ3v) is 5.53. The number of nitrogens with zero attached hydrogens (tertiary/aromatic N) is 1. The summed E-state index contributed by atoms with van der Waals surface area (Å²) in [6.07, 6.45) is 0.436. The molecule has 3 aromatic rings. The van der Waals surface area contributed by atoms with Crippen LogP contribution in [0.3, 0.4) is 0 Å². The van der Waals surface area contributed by atoms with Gasteiger partial charge in [0.2, 0.25) is 5.91 Å². The van der Waals surface area contributed by atoms with Gasteiger partial charge in [0.05, 0.1) is 6.61 Å². The minimum absolute atomic E-state index is 0.0193. The lowest BCUT2D eigenvalue weighted by atomic mass is 9.92. The van der Waals surface area contributed by atoms with Crippen molar-refractivity contribution in [2.45, 2.75) is 47.6 Å². The summed E-state index contributed by atoms with van der Waals surface area (Å²) in [4.78, 5) is 25.4. The Balaban J connectivity index is 1.98. The molecule has 33 heavy (non-hydrogen) atoms. The second kappa shape index (κ2) is 10.2. The van der Waals surface area contributed by atoms with Crippen LogP contribution in [0.5, 0.6) is 0 Å². The lowest BCUT2D eigenvalue weighted by Gasteiger charge is -2.17. The van der Waals surface area contributed by atoms with E-state index >= 15 is 0 Å². The van der Waals surface area contributed by atoms with E-state index in [4.69, 9.17) is 4.74 Å². The van der Waals surface area contributed by atoms with Crippen molar-refractivity contribution in [3.05, 3.63) is 64.8 Å². The van der Waals surface area contributed by atoms with Gasteiger partial charge in [-0.15, -0.1) is 0 Å². The molecule has 0 aliphatic heterocycles. The van der Waals surface area contributed by atoms with Gasteiger partial charge >= 0.3 is 0 Å². The second-order valence-electron chi connectivity index (χ2n) is 9.85. The quantitative estimate of drug-likeness (QED) is 0.472. The van der Waals surface area contributed by atoms with E-state index < -0.39 is 0 Å². The first-order valence-corrected chi connectivity index (χ1v) is 11.3. The zero-order valence-electron chi connectivity index (χ0n) is 20.5. The molecule has 1 aromatic heterocycles. The number of nitrogens with one attached hydrogen (secondary N) is 2. The zero-order chi connectivity index (χ0) is 24.2. The van der Waals surface area contributed by atoms with Gasteiger partial charge in [-0.2, -0.15) is 0 Å². The first kappa shape index (κ1) is 24.5. The molecule has 0 aliphatic carbocycles. The molecular weight excluding hydrogens is 414 g/mol. The molecule has 0 spiro atoms. The number of hydrogen-bond donors (Lipinski definition) is 2. The monoisotopic (exact) mass is 449 g/mol. The van der Waals surface area contributed by atoms with Crippen molar-refractivity contribution >= 4 is 28.4 Å². The summed E-state index contributed by atoms with van der Waals surface area (Å²) >= 11 is 0. The van der Waals surface area contributed by atoms with Crippen molar-refractivity contribution in [1.29, 1.82) is 0 Å². The minimum atomic E-state index is -0.146. The Labute approximate surface area is 196 Å². The van der Waals surface area contributed by atoms with Crippen molar-refractivity contribution in [3.8, 4) is 0 Å². The predicted octanol–water partition coefficient (Wildman–Crippen LogP) is 5.06. The van der Waals surface area contributed by atoms with Gasteiger partial charge in [-0.25, -0.2) is 0 Å². The van der Waals surface area contributed by atoms with E-state index in [1.807, 2.05) is 49.6 Å². The van der Waals surface area contributed by atoms with Crippen LogP contribution in [0.4, 0.5) is 5.69 Å². The van der Waals surface area contributed by atoms with Gasteiger partial charge in [-0.3, -0.25) is 9.59 Å². The highest BCUT2D eigenvalue weighted by Crippen LogP contribution is 2.27. The van der Waals surface area contributed by atoms with Gasteiger partial charge in [0, 0.05) is 43.2 Å². The molecule has 3 rings (SSSR count). The lowest BCUT2D eigenvalue weighted by molar-refractivity contribution is -0.117. The number of aryl methyl sites for hydroxylation is 2. The predicted molar refractivity (Wildman–Crippen MR) is 134 cm³/mol. The van der Waals surface area contributed by atoms with Gasteiger partial charge in [0.25, 0.3) is 5.91 Å². The largest absolute Gasteiger partial charge is 0.383 e. The average molecular weight is 450 g/mol. The fourth-order valence-electron chi connectivity index (χ4n) is 3.89. The summed E-state index contributed by atoms with van der Waals surface area (Å²) in [6, 6.07) is 14.1. The van der Waals surface area contributed by atoms with Gasteiger partial charge in [-0.05, 0) is 54.7 Å². The number of fused-ring (bicyclic) bond motifs is 1. The van der Waals surface area contributed by atoms with E-state index in [0.29, 0.717) is 31.8 Å². The molecule has 0 fully saturated rings. The summed E-state index contributed by atoms with van der Waals surface area (Å²) in [7, 11) is 1.61. The van der Waals surface area contributed by atoms with E-state index in [9.17, 15) is 9.59 Å². The van der Waals surface area contributed by atoms with Crippen LogP contribution in [0.2, 0.25) is 0 Å². The van der Waals surface area contributed by atoms with Crippen LogP contribution < -0.4 is 10.6 Å². The number of ether oxygens (including phenoxy) is 1. The van der Waals surface area contributed by atoms with Crippen molar-refractivity contribution < 1.29 is 14.3 Å². The van der Waals surface area contributed by atoms with Crippen molar-refractivity contribution in [2.24, 2.45) is 5.41 Å². The fourth-order valence-corrected chi connectivity index (χ4v) is 3.89.